The van der Waals surface area contributed by atoms with Crippen LogP contribution in [0.25, 0.3) is 0 Å². The van der Waals surface area contributed by atoms with Crippen molar-refractivity contribution >= 4 is 17.7 Å². The lowest BCUT2D eigenvalue weighted by Gasteiger charge is -2.19. The fourth-order valence-corrected chi connectivity index (χ4v) is 3.12. The standard InChI is InChI=1S/C17H19NO2S/c1-13(21-14-9-5-4-6-10-14)15-11-7-8-12-16(15)17(19)18(2)20-3/h4-13H,1-3H3. The lowest BCUT2D eigenvalue weighted by atomic mass is 10.0. The fraction of sp³-hybridized carbons (Fsp3) is 0.235. The number of hydrogen-bond donors (Lipinski definition) is 0. The lowest BCUT2D eigenvalue weighted by molar-refractivity contribution is -0.0757. The molecule has 1 atom stereocenters. The number of carbonyl (C=O) groups excluding carboxylic acids is 1. The van der Waals surface area contributed by atoms with Crippen LogP contribution in [0.2, 0.25) is 0 Å². The molecule has 4 heteroatoms. The second-order valence-electron chi connectivity index (χ2n) is 4.65. The zero-order valence-corrected chi connectivity index (χ0v) is 13.3. The van der Waals surface area contributed by atoms with E-state index in [1.165, 1.54) is 17.1 Å². The summed E-state index contributed by atoms with van der Waals surface area (Å²) in [6.45, 7) is 2.11. The number of rotatable bonds is 5. The van der Waals surface area contributed by atoms with E-state index >= 15 is 0 Å². The number of amides is 1. The molecule has 0 N–H and O–H groups in total. The Morgan fingerprint density at radius 1 is 1.10 bits per heavy atom. The molecule has 0 aromatic heterocycles. The van der Waals surface area contributed by atoms with Crippen molar-refractivity contribution in [3.05, 3.63) is 65.7 Å². The van der Waals surface area contributed by atoms with Crippen molar-refractivity contribution < 1.29 is 9.63 Å². The van der Waals surface area contributed by atoms with Crippen molar-refractivity contribution in [2.24, 2.45) is 0 Å². The van der Waals surface area contributed by atoms with E-state index in [1.54, 1.807) is 18.8 Å². The molecule has 0 saturated carbocycles. The molecule has 0 heterocycles. The van der Waals surface area contributed by atoms with E-state index in [0.717, 1.165) is 5.56 Å². The summed E-state index contributed by atoms with van der Waals surface area (Å²) in [4.78, 5) is 18.5. The molecular formula is C17H19NO2S. The van der Waals surface area contributed by atoms with Gasteiger partial charge in [-0.3, -0.25) is 9.63 Å². The van der Waals surface area contributed by atoms with E-state index in [9.17, 15) is 4.79 Å². The molecule has 1 unspecified atom stereocenters. The van der Waals surface area contributed by atoms with Gasteiger partial charge in [-0.15, -0.1) is 11.8 Å². The molecule has 110 valence electrons. The molecule has 0 aliphatic heterocycles. The molecule has 0 fully saturated rings. The van der Waals surface area contributed by atoms with Crippen molar-refractivity contribution in [2.75, 3.05) is 14.2 Å². The van der Waals surface area contributed by atoms with Crippen molar-refractivity contribution in [1.82, 2.24) is 5.06 Å². The number of benzene rings is 2. The third kappa shape index (κ3) is 3.86. The molecule has 0 saturated heterocycles. The Morgan fingerprint density at radius 3 is 2.38 bits per heavy atom. The maximum Gasteiger partial charge on any atom is 0.277 e. The molecule has 3 nitrogen and oxygen atoms in total. The Labute approximate surface area is 129 Å². The smallest absolute Gasteiger partial charge is 0.274 e. The predicted octanol–water partition coefficient (Wildman–Crippen LogP) is 4.17. The Bertz CT molecular complexity index is 601. The van der Waals surface area contributed by atoms with Gasteiger partial charge in [0.05, 0.1) is 7.11 Å². The first-order valence-electron chi connectivity index (χ1n) is 6.76. The van der Waals surface area contributed by atoms with Gasteiger partial charge in [0.15, 0.2) is 0 Å². The molecule has 0 aliphatic carbocycles. The molecular weight excluding hydrogens is 282 g/mol. The van der Waals surface area contributed by atoms with Crippen LogP contribution in [0.4, 0.5) is 0 Å². The summed E-state index contributed by atoms with van der Waals surface area (Å²) in [6.07, 6.45) is 0. The van der Waals surface area contributed by atoms with Gasteiger partial charge in [0.1, 0.15) is 0 Å². The van der Waals surface area contributed by atoms with Crippen LogP contribution in [0.3, 0.4) is 0 Å². The third-order valence-electron chi connectivity index (χ3n) is 3.25. The molecule has 21 heavy (non-hydrogen) atoms. The molecule has 0 radical (unpaired) electrons. The van der Waals surface area contributed by atoms with Gasteiger partial charge in [-0.25, -0.2) is 5.06 Å². The quantitative estimate of drug-likeness (QED) is 0.613. The summed E-state index contributed by atoms with van der Waals surface area (Å²) in [5, 5.41) is 1.43. The van der Waals surface area contributed by atoms with Gasteiger partial charge in [-0.2, -0.15) is 0 Å². The highest BCUT2D eigenvalue weighted by Gasteiger charge is 2.19. The minimum Gasteiger partial charge on any atom is -0.274 e. The average molecular weight is 301 g/mol. The first kappa shape index (κ1) is 15.6. The largest absolute Gasteiger partial charge is 0.277 e. The van der Waals surface area contributed by atoms with Gasteiger partial charge >= 0.3 is 0 Å². The monoisotopic (exact) mass is 301 g/mol. The van der Waals surface area contributed by atoms with Crippen molar-refractivity contribution in [3.8, 4) is 0 Å². The van der Waals surface area contributed by atoms with Crippen LogP contribution in [-0.4, -0.2) is 25.1 Å². The normalized spacial score (nSPS) is 12.0. The number of thioether (sulfide) groups is 1. The zero-order chi connectivity index (χ0) is 15.2. The number of nitrogens with zero attached hydrogens (tertiary/aromatic N) is 1. The van der Waals surface area contributed by atoms with Crippen LogP contribution in [0.1, 0.15) is 28.1 Å². The second kappa shape index (κ2) is 7.29. The second-order valence-corrected chi connectivity index (χ2v) is 6.06. The minimum atomic E-state index is -0.131. The predicted molar refractivity (Wildman–Crippen MR) is 86.3 cm³/mol. The van der Waals surface area contributed by atoms with Crippen LogP contribution < -0.4 is 0 Å². The number of hydrogen-bond acceptors (Lipinski definition) is 3. The molecule has 2 aromatic rings. The van der Waals surface area contributed by atoms with Crippen molar-refractivity contribution in [1.29, 1.82) is 0 Å². The van der Waals surface area contributed by atoms with Crippen molar-refractivity contribution in [3.63, 3.8) is 0 Å². The molecule has 1 amide bonds. The first-order chi connectivity index (χ1) is 10.1. The zero-order valence-electron chi connectivity index (χ0n) is 12.4. The Kier molecular flexibility index (Phi) is 5.42. The summed E-state index contributed by atoms with van der Waals surface area (Å²) in [5.41, 5.74) is 1.69. The van der Waals surface area contributed by atoms with Gasteiger partial charge in [0, 0.05) is 22.8 Å². The van der Waals surface area contributed by atoms with Crippen LogP contribution in [0.5, 0.6) is 0 Å². The maximum atomic E-state index is 12.3. The SMILES string of the molecule is CON(C)C(=O)c1ccccc1C(C)Sc1ccccc1. The highest BCUT2D eigenvalue weighted by Crippen LogP contribution is 2.36. The van der Waals surface area contributed by atoms with E-state index in [0.29, 0.717) is 5.56 Å². The lowest BCUT2D eigenvalue weighted by Crippen LogP contribution is -2.26. The summed E-state index contributed by atoms with van der Waals surface area (Å²) >= 11 is 1.74. The van der Waals surface area contributed by atoms with Gasteiger partial charge < -0.3 is 0 Å². The molecule has 0 aliphatic rings. The van der Waals surface area contributed by atoms with E-state index in [2.05, 4.69) is 19.1 Å². The summed E-state index contributed by atoms with van der Waals surface area (Å²) in [6, 6.07) is 17.9. The number of carbonyl (C=O) groups is 1. The van der Waals surface area contributed by atoms with Gasteiger partial charge in [-0.1, -0.05) is 36.4 Å². The average Bonchev–Trinajstić information content (AvgIpc) is 2.54. The Balaban J connectivity index is 2.25. The van der Waals surface area contributed by atoms with Crippen LogP contribution in [0, 0.1) is 0 Å². The molecule has 0 bridgehead atoms. The fourth-order valence-electron chi connectivity index (χ4n) is 2.07. The Hall–Kier alpha value is -1.78. The van der Waals surface area contributed by atoms with E-state index < -0.39 is 0 Å². The van der Waals surface area contributed by atoms with Gasteiger partial charge in [0.25, 0.3) is 5.91 Å². The molecule has 2 rings (SSSR count). The van der Waals surface area contributed by atoms with Crippen LogP contribution in [0.15, 0.2) is 59.5 Å². The molecule has 0 spiro atoms. The van der Waals surface area contributed by atoms with Crippen molar-refractivity contribution in [2.45, 2.75) is 17.1 Å². The van der Waals surface area contributed by atoms with E-state index in [-0.39, 0.29) is 11.2 Å². The van der Waals surface area contributed by atoms with Crippen LogP contribution >= 0.6 is 11.8 Å². The van der Waals surface area contributed by atoms with Crippen LogP contribution in [-0.2, 0) is 4.84 Å². The summed E-state index contributed by atoms with van der Waals surface area (Å²) < 4.78 is 0. The first-order valence-corrected chi connectivity index (χ1v) is 7.64. The highest BCUT2D eigenvalue weighted by atomic mass is 32.2. The highest BCUT2D eigenvalue weighted by molar-refractivity contribution is 7.99. The topological polar surface area (TPSA) is 29.5 Å². The summed E-state index contributed by atoms with van der Waals surface area (Å²) in [5.74, 6) is -0.131. The van der Waals surface area contributed by atoms with E-state index in [1.807, 2.05) is 42.5 Å². The van der Waals surface area contributed by atoms with Gasteiger partial charge in [0.2, 0.25) is 0 Å². The Morgan fingerprint density at radius 2 is 1.71 bits per heavy atom. The number of hydroxylamine groups is 2. The third-order valence-corrected chi connectivity index (χ3v) is 4.40. The minimum absolute atomic E-state index is 0.131. The summed E-state index contributed by atoms with van der Waals surface area (Å²) in [7, 11) is 3.11. The molecule has 2 aromatic carbocycles. The van der Waals surface area contributed by atoms with E-state index in [4.69, 9.17) is 4.84 Å². The maximum absolute atomic E-state index is 12.3. The van der Waals surface area contributed by atoms with Gasteiger partial charge in [-0.05, 0) is 30.7 Å².